The van der Waals surface area contributed by atoms with Gasteiger partial charge in [0, 0.05) is 31.1 Å². The molecule has 168 valence electrons. The summed E-state index contributed by atoms with van der Waals surface area (Å²) in [4.78, 5) is 0. The SMILES string of the molecule is c1cc(-c2ccc3c(c2)-c2cccc4cccc(c24)O3)cc(-c2cccc3c2sc2ccccc23)c1. The lowest BCUT2D eigenvalue weighted by Crippen LogP contribution is -1.97. The predicted molar refractivity (Wildman–Crippen MR) is 153 cm³/mol. The van der Waals surface area contributed by atoms with Gasteiger partial charge in [0.05, 0.1) is 0 Å². The second kappa shape index (κ2) is 7.55. The molecule has 1 nitrogen and oxygen atoms in total. The van der Waals surface area contributed by atoms with Crippen LogP contribution in [-0.4, -0.2) is 0 Å². The Balaban J connectivity index is 1.28. The van der Waals surface area contributed by atoms with Crippen molar-refractivity contribution in [2.75, 3.05) is 0 Å². The van der Waals surface area contributed by atoms with E-state index in [0.29, 0.717) is 0 Å². The molecule has 0 N–H and O–H groups in total. The molecule has 0 radical (unpaired) electrons. The van der Waals surface area contributed by atoms with Gasteiger partial charge in [0.2, 0.25) is 0 Å². The third-order valence-electron chi connectivity index (χ3n) is 7.27. The molecule has 0 aliphatic carbocycles. The zero-order chi connectivity index (χ0) is 23.6. The summed E-state index contributed by atoms with van der Waals surface area (Å²) < 4.78 is 8.99. The van der Waals surface area contributed by atoms with Crippen LogP contribution in [0.1, 0.15) is 0 Å². The van der Waals surface area contributed by atoms with Gasteiger partial charge < -0.3 is 4.74 Å². The minimum atomic E-state index is 0.913. The molecule has 0 spiro atoms. The number of hydrogen-bond acceptors (Lipinski definition) is 2. The van der Waals surface area contributed by atoms with Crippen molar-refractivity contribution in [2.45, 2.75) is 0 Å². The Hall–Kier alpha value is -4.40. The van der Waals surface area contributed by atoms with Crippen LogP contribution in [0.25, 0.3) is 64.3 Å². The lowest BCUT2D eigenvalue weighted by molar-refractivity contribution is 0.487. The molecule has 1 aliphatic rings. The second-order valence-electron chi connectivity index (χ2n) is 9.33. The van der Waals surface area contributed by atoms with Crippen molar-refractivity contribution in [1.29, 1.82) is 0 Å². The molecule has 0 unspecified atom stereocenters. The summed E-state index contributed by atoms with van der Waals surface area (Å²) in [6.45, 7) is 0. The molecule has 0 atom stereocenters. The quantitative estimate of drug-likeness (QED) is 0.241. The maximum atomic E-state index is 6.31. The average molecular weight is 477 g/mol. The molecular weight excluding hydrogens is 456 g/mol. The van der Waals surface area contributed by atoms with Crippen LogP contribution < -0.4 is 4.74 Å². The molecule has 0 fully saturated rings. The van der Waals surface area contributed by atoms with E-state index in [-0.39, 0.29) is 0 Å². The van der Waals surface area contributed by atoms with E-state index in [9.17, 15) is 0 Å². The topological polar surface area (TPSA) is 9.23 Å². The van der Waals surface area contributed by atoms with E-state index in [1.54, 1.807) is 0 Å². The van der Waals surface area contributed by atoms with Crippen LogP contribution in [0.5, 0.6) is 11.5 Å². The molecule has 7 aromatic rings. The van der Waals surface area contributed by atoms with Crippen LogP contribution in [0.15, 0.2) is 121 Å². The van der Waals surface area contributed by atoms with Crippen molar-refractivity contribution in [2.24, 2.45) is 0 Å². The van der Waals surface area contributed by atoms with Crippen molar-refractivity contribution in [3.8, 4) is 44.9 Å². The molecule has 1 aliphatic heterocycles. The first-order chi connectivity index (χ1) is 17.8. The fourth-order valence-electron chi connectivity index (χ4n) is 5.58. The number of rotatable bonds is 2. The predicted octanol–water partition coefficient (Wildman–Crippen LogP) is 10.3. The highest BCUT2D eigenvalue weighted by Gasteiger charge is 2.20. The minimum absolute atomic E-state index is 0.913. The molecule has 0 bridgehead atoms. The maximum Gasteiger partial charge on any atom is 0.135 e. The van der Waals surface area contributed by atoms with Gasteiger partial charge in [-0.1, -0.05) is 91.0 Å². The van der Waals surface area contributed by atoms with Crippen molar-refractivity contribution in [3.63, 3.8) is 0 Å². The molecule has 1 aromatic heterocycles. The van der Waals surface area contributed by atoms with Gasteiger partial charge in [-0.3, -0.25) is 0 Å². The molecule has 2 heteroatoms. The van der Waals surface area contributed by atoms with Gasteiger partial charge in [0.15, 0.2) is 0 Å². The van der Waals surface area contributed by atoms with Gasteiger partial charge in [0.25, 0.3) is 0 Å². The van der Waals surface area contributed by atoms with Gasteiger partial charge in [0.1, 0.15) is 11.5 Å². The van der Waals surface area contributed by atoms with Crippen molar-refractivity contribution < 1.29 is 4.74 Å². The second-order valence-corrected chi connectivity index (χ2v) is 10.4. The highest BCUT2D eigenvalue weighted by atomic mass is 32.1. The summed E-state index contributed by atoms with van der Waals surface area (Å²) in [5.74, 6) is 1.85. The highest BCUT2D eigenvalue weighted by Crippen LogP contribution is 2.47. The molecular formula is C34H20OS. The number of ether oxygens (including phenoxy) is 1. The normalized spacial score (nSPS) is 12.1. The highest BCUT2D eigenvalue weighted by molar-refractivity contribution is 7.26. The lowest BCUT2D eigenvalue weighted by atomic mass is 9.91. The summed E-state index contributed by atoms with van der Waals surface area (Å²) in [5.41, 5.74) is 7.31. The first-order valence-electron chi connectivity index (χ1n) is 12.2. The average Bonchev–Trinajstić information content (AvgIpc) is 3.32. The van der Waals surface area contributed by atoms with E-state index in [1.165, 1.54) is 58.8 Å². The number of fused-ring (bicyclic) bond motifs is 5. The molecule has 6 aromatic carbocycles. The van der Waals surface area contributed by atoms with E-state index in [0.717, 1.165) is 17.1 Å². The fraction of sp³-hybridized carbons (Fsp3) is 0. The smallest absolute Gasteiger partial charge is 0.135 e. The Morgan fingerprint density at radius 2 is 1.22 bits per heavy atom. The van der Waals surface area contributed by atoms with Gasteiger partial charge in [-0.15, -0.1) is 11.3 Å². The fourth-order valence-corrected chi connectivity index (χ4v) is 6.82. The largest absolute Gasteiger partial charge is 0.456 e. The third-order valence-corrected chi connectivity index (χ3v) is 8.49. The molecule has 0 amide bonds. The summed E-state index contributed by atoms with van der Waals surface area (Å²) in [7, 11) is 0. The van der Waals surface area contributed by atoms with Gasteiger partial charge in [-0.25, -0.2) is 0 Å². The zero-order valence-corrected chi connectivity index (χ0v) is 20.2. The standard InChI is InChI=1S/C34H20OS/c1-2-16-32-26(11-1)28-14-6-12-25(34(28)36-32)24-10-3-9-22(19-24)23-17-18-30-29(20-23)27-13-4-7-21-8-5-15-31(35-30)33(21)27/h1-20H. The van der Waals surface area contributed by atoms with Crippen LogP contribution >= 0.6 is 11.3 Å². The summed E-state index contributed by atoms with van der Waals surface area (Å²) in [6.07, 6.45) is 0. The summed E-state index contributed by atoms with van der Waals surface area (Å²) in [5, 5.41) is 5.06. The zero-order valence-electron chi connectivity index (χ0n) is 19.4. The minimum Gasteiger partial charge on any atom is -0.456 e. The Kier molecular flexibility index (Phi) is 4.16. The van der Waals surface area contributed by atoms with Crippen LogP contribution in [0.3, 0.4) is 0 Å². The van der Waals surface area contributed by atoms with E-state index in [1.807, 2.05) is 11.3 Å². The molecule has 2 heterocycles. The van der Waals surface area contributed by atoms with E-state index < -0.39 is 0 Å². The Bertz CT molecular complexity index is 1970. The first-order valence-corrected chi connectivity index (χ1v) is 13.0. The lowest BCUT2D eigenvalue weighted by Gasteiger charge is -2.22. The summed E-state index contributed by atoms with van der Waals surface area (Å²) in [6, 6.07) is 43.6. The Morgan fingerprint density at radius 3 is 2.19 bits per heavy atom. The number of thiophene rings is 1. The molecule has 8 rings (SSSR count). The Labute approximate surface area is 212 Å². The number of benzene rings is 6. The van der Waals surface area contributed by atoms with Crippen LogP contribution in [0.4, 0.5) is 0 Å². The monoisotopic (exact) mass is 476 g/mol. The van der Waals surface area contributed by atoms with Crippen molar-refractivity contribution in [1.82, 2.24) is 0 Å². The van der Waals surface area contributed by atoms with E-state index in [2.05, 4.69) is 121 Å². The van der Waals surface area contributed by atoms with Crippen LogP contribution in [0.2, 0.25) is 0 Å². The third kappa shape index (κ3) is 2.89. The van der Waals surface area contributed by atoms with Gasteiger partial charge >= 0.3 is 0 Å². The van der Waals surface area contributed by atoms with Crippen molar-refractivity contribution >= 4 is 42.3 Å². The van der Waals surface area contributed by atoms with Gasteiger partial charge in [-0.05, 0) is 63.5 Å². The van der Waals surface area contributed by atoms with E-state index >= 15 is 0 Å². The van der Waals surface area contributed by atoms with Gasteiger partial charge in [-0.2, -0.15) is 0 Å². The number of hydrogen-bond donors (Lipinski definition) is 0. The molecule has 0 saturated carbocycles. The first kappa shape index (κ1) is 19.9. The summed E-state index contributed by atoms with van der Waals surface area (Å²) >= 11 is 1.88. The van der Waals surface area contributed by atoms with Crippen LogP contribution in [0, 0.1) is 0 Å². The van der Waals surface area contributed by atoms with E-state index in [4.69, 9.17) is 4.74 Å². The van der Waals surface area contributed by atoms with Crippen LogP contribution in [-0.2, 0) is 0 Å². The maximum absolute atomic E-state index is 6.31. The Morgan fingerprint density at radius 1 is 0.472 bits per heavy atom. The van der Waals surface area contributed by atoms with Crippen molar-refractivity contribution in [3.05, 3.63) is 121 Å². The molecule has 0 saturated heterocycles. The molecule has 36 heavy (non-hydrogen) atoms.